The van der Waals surface area contributed by atoms with Crippen LogP contribution in [0, 0.1) is 11.8 Å². The maximum absolute atomic E-state index is 11.8. The average Bonchev–Trinajstić information content (AvgIpc) is 3.05. The third-order valence-electron chi connectivity index (χ3n) is 3.10. The summed E-state index contributed by atoms with van der Waals surface area (Å²) >= 11 is 1.11. The normalized spacial score (nSPS) is 24.7. The summed E-state index contributed by atoms with van der Waals surface area (Å²) in [4.78, 5) is 38.6. The lowest BCUT2D eigenvalue weighted by Crippen LogP contribution is -2.17. The van der Waals surface area contributed by atoms with Crippen LogP contribution in [0.15, 0.2) is 0 Å². The molecule has 2 atom stereocenters. The van der Waals surface area contributed by atoms with Crippen LogP contribution in [0.1, 0.15) is 21.8 Å². The van der Waals surface area contributed by atoms with Gasteiger partial charge in [0.25, 0.3) is 0 Å². The van der Waals surface area contributed by atoms with Gasteiger partial charge in [-0.05, 0) is 6.42 Å². The van der Waals surface area contributed by atoms with Gasteiger partial charge in [0.2, 0.25) is 5.91 Å². The van der Waals surface area contributed by atoms with Crippen LogP contribution in [-0.2, 0) is 20.9 Å². The summed E-state index contributed by atoms with van der Waals surface area (Å²) in [6, 6.07) is 0. The van der Waals surface area contributed by atoms with E-state index in [0.717, 1.165) is 11.3 Å². The molecule has 0 bridgehead atoms. The molecule has 1 aromatic heterocycles. The zero-order valence-electron chi connectivity index (χ0n) is 9.71. The molecular formula is C11H10N2O5S. The number of carbonyl (C=O) groups is 3. The van der Waals surface area contributed by atoms with Gasteiger partial charge in [-0.2, -0.15) is 0 Å². The molecular weight excluding hydrogens is 272 g/mol. The Morgan fingerprint density at radius 2 is 2.16 bits per heavy atom. The summed E-state index contributed by atoms with van der Waals surface area (Å²) in [5.74, 6) is -2.55. The molecule has 100 valence electrons. The third kappa shape index (κ3) is 2.24. The number of aromatic nitrogens is 1. The zero-order valence-corrected chi connectivity index (χ0v) is 10.5. The van der Waals surface area contributed by atoms with Crippen molar-refractivity contribution < 1.29 is 24.2 Å². The maximum atomic E-state index is 11.8. The van der Waals surface area contributed by atoms with Crippen molar-refractivity contribution in [2.24, 2.45) is 11.8 Å². The molecule has 1 amide bonds. The number of thiazole rings is 1. The van der Waals surface area contributed by atoms with E-state index in [2.05, 4.69) is 10.3 Å². The van der Waals surface area contributed by atoms with E-state index in [4.69, 9.17) is 9.84 Å². The van der Waals surface area contributed by atoms with Gasteiger partial charge in [0, 0.05) is 0 Å². The largest absolute Gasteiger partial charge is 0.481 e. The quantitative estimate of drug-likeness (QED) is 0.837. The van der Waals surface area contributed by atoms with Crippen molar-refractivity contribution in [2.45, 2.75) is 13.0 Å². The van der Waals surface area contributed by atoms with E-state index in [-0.39, 0.29) is 24.9 Å². The van der Waals surface area contributed by atoms with Gasteiger partial charge in [0.1, 0.15) is 11.5 Å². The third-order valence-corrected chi connectivity index (χ3v) is 4.15. The van der Waals surface area contributed by atoms with Gasteiger partial charge in [-0.15, -0.1) is 0 Å². The topological polar surface area (TPSA) is 106 Å². The first-order chi connectivity index (χ1) is 9.06. The highest BCUT2D eigenvalue weighted by molar-refractivity contribution is 7.17. The highest BCUT2D eigenvalue weighted by atomic mass is 32.1. The van der Waals surface area contributed by atoms with Crippen LogP contribution < -0.4 is 5.32 Å². The van der Waals surface area contributed by atoms with Gasteiger partial charge < -0.3 is 15.2 Å². The minimum absolute atomic E-state index is 0.0340. The van der Waals surface area contributed by atoms with E-state index in [1.807, 2.05) is 0 Å². The number of carboxylic acids is 1. The molecule has 0 unspecified atom stereocenters. The molecule has 0 saturated heterocycles. The Morgan fingerprint density at radius 1 is 1.37 bits per heavy atom. The highest BCUT2D eigenvalue weighted by Gasteiger charge is 2.48. The molecule has 0 spiro atoms. The lowest BCUT2D eigenvalue weighted by molar-refractivity contribution is -0.139. The van der Waals surface area contributed by atoms with E-state index < -0.39 is 17.8 Å². The van der Waals surface area contributed by atoms with Crippen molar-refractivity contribution in [3.63, 3.8) is 0 Å². The molecule has 0 aromatic carbocycles. The van der Waals surface area contributed by atoms with Gasteiger partial charge in [-0.1, -0.05) is 11.3 Å². The molecule has 8 heteroatoms. The maximum Gasteiger partial charge on any atom is 0.307 e. The van der Waals surface area contributed by atoms with Gasteiger partial charge in [0.05, 0.1) is 24.1 Å². The number of ether oxygens (including phenoxy) is 1. The number of amides is 1. The standard InChI is InChI=1S/C11H10N2O5S/c14-7-3-18-2-6-8(7)19-11(12-6)13-9(15)4-1-5(4)10(16)17/h4-5H,1-3H2,(H,16,17)(H,12,13,15)/t4-,5-/m1/s1. The molecule has 1 aromatic rings. The SMILES string of the molecule is O=C1COCc2nc(NC(=O)[C@@H]3C[C@H]3C(=O)O)sc21. The first kappa shape index (κ1) is 12.2. The lowest BCUT2D eigenvalue weighted by atomic mass is 10.2. The van der Waals surface area contributed by atoms with Crippen LogP contribution in [-0.4, -0.2) is 34.4 Å². The zero-order chi connectivity index (χ0) is 13.6. The minimum Gasteiger partial charge on any atom is -0.481 e. The number of hydrogen-bond acceptors (Lipinski definition) is 6. The summed E-state index contributed by atoms with van der Waals surface area (Å²) in [7, 11) is 0. The van der Waals surface area contributed by atoms with E-state index in [1.54, 1.807) is 0 Å². The monoisotopic (exact) mass is 282 g/mol. The van der Waals surface area contributed by atoms with Gasteiger partial charge in [-0.3, -0.25) is 14.4 Å². The summed E-state index contributed by atoms with van der Waals surface area (Å²) in [5.41, 5.74) is 0.530. The smallest absolute Gasteiger partial charge is 0.307 e. The van der Waals surface area contributed by atoms with Gasteiger partial charge in [-0.25, -0.2) is 4.98 Å². The second kappa shape index (κ2) is 4.39. The second-order valence-electron chi connectivity index (χ2n) is 4.49. The molecule has 19 heavy (non-hydrogen) atoms. The van der Waals surface area contributed by atoms with Crippen molar-refractivity contribution in [3.8, 4) is 0 Å². The Balaban J connectivity index is 1.69. The Labute approximate surface area is 111 Å². The second-order valence-corrected chi connectivity index (χ2v) is 5.49. The Bertz CT molecular complexity index is 582. The Hall–Kier alpha value is -1.80. The Morgan fingerprint density at radius 3 is 2.79 bits per heavy atom. The molecule has 1 aliphatic carbocycles. The highest BCUT2D eigenvalue weighted by Crippen LogP contribution is 2.40. The number of nitrogens with one attached hydrogen (secondary N) is 1. The van der Waals surface area contributed by atoms with Crippen molar-refractivity contribution in [1.29, 1.82) is 0 Å². The first-order valence-electron chi connectivity index (χ1n) is 5.70. The molecule has 2 N–H and O–H groups in total. The molecule has 3 rings (SSSR count). The van der Waals surface area contributed by atoms with Crippen LogP contribution in [0.2, 0.25) is 0 Å². The number of rotatable bonds is 3. The van der Waals surface area contributed by atoms with E-state index in [1.165, 1.54) is 0 Å². The summed E-state index contributed by atoms with van der Waals surface area (Å²) in [6.07, 6.45) is 0.355. The molecule has 2 heterocycles. The number of carboxylic acid groups (broad SMARTS) is 1. The number of hydrogen-bond donors (Lipinski definition) is 2. The fourth-order valence-corrected chi connectivity index (χ4v) is 2.88. The molecule has 1 aliphatic heterocycles. The summed E-state index contributed by atoms with van der Waals surface area (Å²) in [6.45, 7) is 0.293. The predicted octanol–water partition coefficient (Wildman–Crippen LogP) is 0.515. The van der Waals surface area contributed by atoms with Crippen LogP contribution in [0.25, 0.3) is 0 Å². The fourth-order valence-electron chi connectivity index (χ4n) is 1.98. The van der Waals surface area contributed by atoms with Crippen molar-refractivity contribution in [1.82, 2.24) is 4.98 Å². The molecule has 0 radical (unpaired) electrons. The molecule has 1 saturated carbocycles. The number of anilines is 1. The number of aliphatic carboxylic acids is 1. The molecule has 1 fully saturated rings. The van der Waals surface area contributed by atoms with E-state index in [9.17, 15) is 14.4 Å². The average molecular weight is 282 g/mol. The Kier molecular flexibility index (Phi) is 2.83. The number of nitrogens with zero attached hydrogens (tertiary/aromatic N) is 1. The van der Waals surface area contributed by atoms with Crippen LogP contribution >= 0.6 is 11.3 Å². The van der Waals surface area contributed by atoms with Crippen molar-refractivity contribution >= 4 is 34.1 Å². The summed E-state index contributed by atoms with van der Waals surface area (Å²) in [5, 5.41) is 11.6. The number of fused-ring (bicyclic) bond motifs is 1. The first-order valence-corrected chi connectivity index (χ1v) is 6.52. The van der Waals surface area contributed by atoms with Crippen LogP contribution in [0.4, 0.5) is 5.13 Å². The van der Waals surface area contributed by atoms with Crippen molar-refractivity contribution in [2.75, 3.05) is 11.9 Å². The minimum atomic E-state index is -0.956. The number of ketones is 1. The van der Waals surface area contributed by atoms with Gasteiger partial charge >= 0.3 is 5.97 Å². The fraction of sp³-hybridized carbons (Fsp3) is 0.455. The van der Waals surface area contributed by atoms with E-state index in [0.29, 0.717) is 22.1 Å². The van der Waals surface area contributed by atoms with Crippen molar-refractivity contribution in [3.05, 3.63) is 10.6 Å². The lowest BCUT2D eigenvalue weighted by Gasteiger charge is -2.07. The molecule has 2 aliphatic rings. The summed E-state index contributed by atoms with van der Waals surface area (Å²) < 4.78 is 5.04. The number of carbonyl (C=O) groups excluding carboxylic acids is 2. The molecule has 7 nitrogen and oxygen atoms in total. The van der Waals surface area contributed by atoms with Crippen LogP contribution in [0.3, 0.4) is 0 Å². The number of Topliss-reactive ketones (excluding diaryl/α,β-unsaturated/α-hetero) is 1. The predicted molar refractivity (Wildman–Crippen MR) is 64.0 cm³/mol. The van der Waals surface area contributed by atoms with Gasteiger partial charge in [0.15, 0.2) is 10.9 Å². The van der Waals surface area contributed by atoms with Crippen LogP contribution in [0.5, 0.6) is 0 Å². The van der Waals surface area contributed by atoms with E-state index >= 15 is 0 Å².